The monoisotopic (exact) mass is 397 g/mol. The van der Waals surface area contributed by atoms with Crippen molar-refractivity contribution < 1.29 is 22.3 Å². The third-order valence-electron chi connectivity index (χ3n) is 3.59. The van der Waals surface area contributed by atoms with Crippen molar-refractivity contribution in [2.75, 3.05) is 7.05 Å². The zero-order chi connectivity index (χ0) is 19.4. The van der Waals surface area contributed by atoms with Crippen LogP contribution in [0, 0.1) is 0 Å². The van der Waals surface area contributed by atoms with E-state index in [4.69, 9.17) is 16.0 Å². The lowest BCUT2D eigenvalue weighted by Gasteiger charge is -2.15. The Labute approximate surface area is 158 Å². The molecule has 1 heterocycles. The van der Waals surface area contributed by atoms with Gasteiger partial charge in [0.25, 0.3) is 0 Å². The predicted octanol–water partition coefficient (Wildman–Crippen LogP) is 4.92. The molecule has 0 amide bonds. The highest BCUT2D eigenvalue weighted by molar-refractivity contribution is 6.33. The molecule has 0 aliphatic rings. The van der Waals surface area contributed by atoms with E-state index < -0.39 is 6.36 Å². The van der Waals surface area contributed by atoms with Gasteiger partial charge in [0.15, 0.2) is 0 Å². The van der Waals surface area contributed by atoms with Crippen LogP contribution >= 0.6 is 11.6 Å². The van der Waals surface area contributed by atoms with E-state index in [-0.39, 0.29) is 5.75 Å². The van der Waals surface area contributed by atoms with Crippen molar-refractivity contribution in [1.29, 1.82) is 0 Å². The van der Waals surface area contributed by atoms with Crippen LogP contribution in [0.4, 0.5) is 13.2 Å². The second-order valence-electron chi connectivity index (χ2n) is 5.84. The standard InChI is InChI=1S/C18H15ClF3N3O2/c1-25(10-12-6-8-13(9-7-12)27-18(20,21)22)11-16-23-24-17(26-16)14-4-2-3-5-15(14)19/h2-9H,10-11H2,1H3. The van der Waals surface area contributed by atoms with Gasteiger partial charge >= 0.3 is 6.36 Å². The van der Waals surface area contributed by atoms with E-state index in [1.54, 1.807) is 24.3 Å². The Balaban J connectivity index is 1.60. The smallest absolute Gasteiger partial charge is 0.419 e. The predicted molar refractivity (Wildman–Crippen MR) is 93.0 cm³/mol. The zero-order valence-electron chi connectivity index (χ0n) is 14.2. The van der Waals surface area contributed by atoms with E-state index in [9.17, 15) is 13.2 Å². The largest absolute Gasteiger partial charge is 0.573 e. The Morgan fingerprint density at radius 2 is 1.74 bits per heavy atom. The molecule has 142 valence electrons. The molecule has 0 aliphatic heterocycles. The van der Waals surface area contributed by atoms with Gasteiger partial charge in [0.1, 0.15) is 5.75 Å². The molecular formula is C18H15ClF3N3O2. The maximum atomic E-state index is 12.2. The van der Waals surface area contributed by atoms with E-state index in [1.807, 2.05) is 24.1 Å². The average Bonchev–Trinajstić information content (AvgIpc) is 3.04. The first-order valence-electron chi connectivity index (χ1n) is 7.91. The molecule has 0 spiro atoms. The lowest BCUT2D eigenvalue weighted by Crippen LogP contribution is -2.18. The maximum absolute atomic E-state index is 12.2. The van der Waals surface area contributed by atoms with Crippen molar-refractivity contribution in [3.63, 3.8) is 0 Å². The molecule has 0 fully saturated rings. The quantitative estimate of drug-likeness (QED) is 0.591. The molecule has 9 heteroatoms. The van der Waals surface area contributed by atoms with Crippen molar-refractivity contribution in [1.82, 2.24) is 15.1 Å². The summed E-state index contributed by atoms with van der Waals surface area (Å²) in [6, 6.07) is 12.8. The maximum Gasteiger partial charge on any atom is 0.573 e. The van der Waals surface area contributed by atoms with Gasteiger partial charge in [0, 0.05) is 6.54 Å². The Bertz CT molecular complexity index is 897. The van der Waals surface area contributed by atoms with E-state index in [2.05, 4.69) is 14.9 Å². The second-order valence-corrected chi connectivity index (χ2v) is 6.25. The summed E-state index contributed by atoms with van der Waals surface area (Å²) in [4.78, 5) is 1.89. The van der Waals surface area contributed by atoms with E-state index in [0.717, 1.165) is 5.56 Å². The molecule has 0 radical (unpaired) electrons. The van der Waals surface area contributed by atoms with E-state index >= 15 is 0 Å². The van der Waals surface area contributed by atoms with Crippen molar-refractivity contribution in [2.45, 2.75) is 19.5 Å². The van der Waals surface area contributed by atoms with Crippen LogP contribution in [0.5, 0.6) is 5.75 Å². The summed E-state index contributed by atoms with van der Waals surface area (Å²) in [5.74, 6) is 0.484. The van der Waals surface area contributed by atoms with Gasteiger partial charge in [-0.05, 0) is 36.9 Å². The van der Waals surface area contributed by atoms with Crippen LogP contribution in [0.3, 0.4) is 0 Å². The first-order chi connectivity index (χ1) is 12.8. The summed E-state index contributed by atoms with van der Waals surface area (Å²) in [6.07, 6.45) is -4.70. The Morgan fingerprint density at radius 1 is 1.04 bits per heavy atom. The summed E-state index contributed by atoms with van der Waals surface area (Å²) in [5.41, 5.74) is 1.47. The normalized spacial score (nSPS) is 11.8. The highest BCUT2D eigenvalue weighted by Crippen LogP contribution is 2.26. The van der Waals surface area contributed by atoms with Gasteiger partial charge in [0.05, 0.1) is 17.1 Å². The van der Waals surface area contributed by atoms with Gasteiger partial charge in [-0.1, -0.05) is 35.9 Å². The Morgan fingerprint density at radius 3 is 2.41 bits per heavy atom. The van der Waals surface area contributed by atoms with Crippen molar-refractivity contribution in [2.24, 2.45) is 0 Å². The molecule has 0 aliphatic carbocycles. The lowest BCUT2D eigenvalue weighted by molar-refractivity contribution is -0.274. The zero-order valence-corrected chi connectivity index (χ0v) is 15.0. The van der Waals surface area contributed by atoms with E-state index in [0.29, 0.717) is 35.5 Å². The van der Waals surface area contributed by atoms with Gasteiger partial charge < -0.3 is 9.15 Å². The molecule has 0 bridgehead atoms. The third kappa shape index (κ3) is 5.45. The van der Waals surface area contributed by atoms with Crippen LogP contribution < -0.4 is 4.74 Å². The molecule has 0 saturated carbocycles. The van der Waals surface area contributed by atoms with Crippen LogP contribution in [0.2, 0.25) is 5.02 Å². The van der Waals surface area contributed by atoms with E-state index in [1.165, 1.54) is 12.1 Å². The van der Waals surface area contributed by atoms with Crippen molar-refractivity contribution >= 4 is 11.6 Å². The molecule has 3 aromatic rings. The van der Waals surface area contributed by atoms with Crippen LogP contribution in [-0.2, 0) is 13.1 Å². The highest BCUT2D eigenvalue weighted by atomic mass is 35.5. The molecule has 2 aromatic carbocycles. The van der Waals surface area contributed by atoms with Crippen LogP contribution in [0.25, 0.3) is 11.5 Å². The first kappa shape index (κ1) is 19.2. The van der Waals surface area contributed by atoms with Gasteiger partial charge in [-0.2, -0.15) is 0 Å². The SMILES string of the molecule is CN(Cc1ccc(OC(F)(F)F)cc1)Cc1nnc(-c2ccccc2Cl)o1. The van der Waals surface area contributed by atoms with Crippen molar-refractivity contribution in [3.8, 4) is 17.2 Å². The fourth-order valence-corrected chi connectivity index (χ4v) is 2.67. The number of aromatic nitrogens is 2. The van der Waals surface area contributed by atoms with Gasteiger partial charge in [-0.3, -0.25) is 4.90 Å². The lowest BCUT2D eigenvalue weighted by atomic mass is 10.2. The molecule has 0 atom stereocenters. The van der Waals surface area contributed by atoms with Crippen molar-refractivity contribution in [3.05, 3.63) is 65.0 Å². The second kappa shape index (κ2) is 7.98. The fourth-order valence-electron chi connectivity index (χ4n) is 2.46. The minimum absolute atomic E-state index is 0.254. The summed E-state index contributed by atoms with van der Waals surface area (Å²) in [7, 11) is 1.83. The Hall–Kier alpha value is -2.58. The number of ether oxygens (including phenoxy) is 1. The summed E-state index contributed by atoms with van der Waals surface area (Å²) >= 11 is 6.12. The van der Waals surface area contributed by atoms with Crippen LogP contribution in [-0.4, -0.2) is 28.5 Å². The summed E-state index contributed by atoms with van der Waals surface area (Å²) in [6.45, 7) is 0.856. The molecule has 0 saturated heterocycles. The molecule has 27 heavy (non-hydrogen) atoms. The summed E-state index contributed by atoms with van der Waals surface area (Å²) < 4.78 is 46.0. The molecule has 0 unspecified atom stereocenters. The minimum Gasteiger partial charge on any atom is -0.419 e. The number of alkyl halides is 3. The number of hydrogen-bond acceptors (Lipinski definition) is 5. The third-order valence-corrected chi connectivity index (χ3v) is 3.92. The van der Waals surface area contributed by atoms with Gasteiger partial charge in [-0.25, -0.2) is 0 Å². The number of rotatable bonds is 6. The van der Waals surface area contributed by atoms with Gasteiger partial charge in [0.2, 0.25) is 11.8 Å². The molecule has 0 N–H and O–H groups in total. The minimum atomic E-state index is -4.70. The van der Waals surface area contributed by atoms with Crippen LogP contribution in [0.1, 0.15) is 11.5 Å². The molecule has 1 aromatic heterocycles. The van der Waals surface area contributed by atoms with Gasteiger partial charge in [-0.15, -0.1) is 23.4 Å². The molecule has 3 rings (SSSR count). The first-order valence-corrected chi connectivity index (χ1v) is 8.28. The fraction of sp³-hybridized carbons (Fsp3) is 0.222. The number of halogens is 4. The van der Waals surface area contributed by atoms with Crippen LogP contribution in [0.15, 0.2) is 52.9 Å². The number of nitrogens with zero attached hydrogens (tertiary/aromatic N) is 3. The highest BCUT2D eigenvalue weighted by Gasteiger charge is 2.30. The summed E-state index contributed by atoms with van der Waals surface area (Å²) in [5, 5.41) is 8.53. The Kier molecular flexibility index (Phi) is 5.67. The molecule has 5 nitrogen and oxygen atoms in total. The topological polar surface area (TPSA) is 51.4 Å². The average molecular weight is 398 g/mol. The number of hydrogen-bond donors (Lipinski definition) is 0. The molecular weight excluding hydrogens is 383 g/mol. The number of benzene rings is 2.